The van der Waals surface area contributed by atoms with Gasteiger partial charge in [-0.1, -0.05) is 24.3 Å². The molecular weight excluding hydrogens is 416 g/mol. The second-order valence-corrected chi connectivity index (χ2v) is 8.06. The van der Waals surface area contributed by atoms with Gasteiger partial charge in [0, 0.05) is 37.9 Å². The first kappa shape index (κ1) is 20.9. The normalized spacial score (nSPS) is 14.3. The van der Waals surface area contributed by atoms with E-state index in [4.69, 9.17) is 5.73 Å². The second kappa shape index (κ2) is 8.87. The third kappa shape index (κ3) is 4.22. The van der Waals surface area contributed by atoms with Crippen molar-refractivity contribution in [1.29, 1.82) is 0 Å². The van der Waals surface area contributed by atoms with Crippen LogP contribution in [0.5, 0.6) is 0 Å². The molecule has 0 bridgehead atoms. The van der Waals surface area contributed by atoms with Gasteiger partial charge in [-0.3, -0.25) is 10.1 Å². The van der Waals surface area contributed by atoms with Gasteiger partial charge in [0.15, 0.2) is 11.5 Å². The van der Waals surface area contributed by atoms with Crippen molar-refractivity contribution in [3.05, 3.63) is 60.4 Å². The van der Waals surface area contributed by atoms with E-state index >= 15 is 0 Å². The average molecular weight is 443 g/mol. The Kier molecular flexibility index (Phi) is 5.62. The quantitative estimate of drug-likeness (QED) is 0.445. The molecule has 1 aliphatic heterocycles. The lowest BCUT2D eigenvalue weighted by Crippen LogP contribution is -2.27. The number of nitrogens with two attached hydrogens (primary N) is 1. The van der Waals surface area contributed by atoms with Crippen molar-refractivity contribution in [1.82, 2.24) is 24.8 Å². The first-order valence-corrected chi connectivity index (χ1v) is 11.0. The maximum Gasteiger partial charge on any atom is 0.280 e. The third-order valence-corrected chi connectivity index (χ3v) is 5.90. The predicted molar refractivity (Wildman–Crippen MR) is 130 cm³/mol. The summed E-state index contributed by atoms with van der Waals surface area (Å²) in [6.45, 7) is 4.04. The monoisotopic (exact) mass is 442 g/mol. The molecular formula is C24H26N8O. The van der Waals surface area contributed by atoms with Gasteiger partial charge in [-0.05, 0) is 37.2 Å². The summed E-state index contributed by atoms with van der Waals surface area (Å²) in [5, 5.41) is 6.23. The van der Waals surface area contributed by atoms with Crippen LogP contribution in [0.3, 0.4) is 0 Å². The molecule has 33 heavy (non-hydrogen) atoms. The van der Waals surface area contributed by atoms with Gasteiger partial charge in [-0.25, -0.2) is 15.0 Å². The first-order chi connectivity index (χ1) is 16.1. The van der Waals surface area contributed by atoms with Gasteiger partial charge in [0.05, 0.1) is 22.9 Å². The fourth-order valence-corrected chi connectivity index (χ4v) is 4.07. The van der Waals surface area contributed by atoms with Gasteiger partial charge in [0.25, 0.3) is 5.91 Å². The Morgan fingerprint density at radius 3 is 2.70 bits per heavy atom. The van der Waals surface area contributed by atoms with Crippen LogP contribution < -0.4 is 21.3 Å². The Morgan fingerprint density at radius 2 is 1.88 bits per heavy atom. The molecule has 0 spiro atoms. The fourth-order valence-electron chi connectivity index (χ4n) is 4.07. The number of fused-ring (bicyclic) bond motifs is 1. The van der Waals surface area contributed by atoms with E-state index in [0.717, 1.165) is 49.2 Å². The zero-order valence-corrected chi connectivity index (χ0v) is 18.5. The Bertz CT molecular complexity index is 1290. The van der Waals surface area contributed by atoms with Crippen molar-refractivity contribution in [3.8, 4) is 11.3 Å². The molecule has 9 heteroatoms. The van der Waals surface area contributed by atoms with Crippen LogP contribution in [-0.2, 0) is 7.05 Å². The van der Waals surface area contributed by atoms with Gasteiger partial charge in [0.2, 0.25) is 5.95 Å². The summed E-state index contributed by atoms with van der Waals surface area (Å²) in [5.74, 6) is 0.0433. The lowest BCUT2D eigenvalue weighted by atomic mass is 10.1. The molecule has 9 nitrogen and oxygen atoms in total. The number of rotatable bonds is 4. The standard InChI is InChI=1S/C24H26N8O/c1-31-20-6-3-2-5-18(20)29-24(31)30-23(33)21-22(25)27-15-19(28-21)16-7-9-17(10-8-16)32-13-4-11-26-12-14-32/h2-3,5-10,15,26H,4,11-14H2,1H3,(H2,25,27)(H,29,30,33). The Labute approximate surface area is 191 Å². The van der Waals surface area contributed by atoms with E-state index in [0.29, 0.717) is 11.6 Å². The SMILES string of the molecule is Cn1c(NC(=O)c2nc(-c3ccc(N4CCCNCC4)cc3)cnc2N)nc2ccccc21. The molecule has 3 heterocycles. The number of nitrogen functional groups attached to an aromatic ring is 1. The number of carbonyl (C=O) groups excluding carboxylic acids is 1. The maximum atomic E-state index is 13.0. The molecule has 2 aromatic carbocycles. The molecule has 4 aromatic rings. The Balaban J connectivity index is 1.38. The number of hydrogen-bond donors (Lipinski definition) is 3. The first-order valence-electron chi connectivity index (χ1n) is 11.0. The number of anilines is 3. The highest BCUT2D eigenvalue weighted by Gasteiger charge is 2.18. The van der Waals surface area contributed by atoms with Gasteiger partial charge < -0.3 is 20.5 Å². The maximum absolute atomic E-state index is 13.0. The van der Waals surface area contributed by atoms with E-state index in [1.165, 1.54) is 5.69 Å². The number of nitrogens with one attached hydrogen (secondary N) is 2. The number of benzene rings is 2. The topological polar surface area (TPSA) is 114 Å². The number of amides is 1. The summed E-state index contributed by atoms with van der Waals surface area (Å²) < 4.78 is 1.82. The van der Waals surface area contributed by atoms with E-state index < -0.39 is 5.91 Å². The van der Waals surface area contributed by atoms with E-state index in [-0.39, 0.29) is 11.5 Å². The molecule has 4 N–H and O–H groups in total. The number of nitrogens with zero attached hydrogens (tertiary/aromatic N) is 5. The Hall–Kier alpha value is -3.98. The summed E-state index contributed by atoms with van der Waals surface area (Å²) in [4.78, 5) is 28.6. The molecule has 0 radical (unpaired) electrons. The highest BCUT2D eigenvalue weighted by molar-refractivity contribution is 6.05. The molecule has 2 aromatic heterocycles. The zero-order valence-electron chi connectivity index (χ0n) is 18.5. The van der Waals surface area contributed by atoms with Crippen molar-refractivity contribution < 1.29 is 4.79 Å². The molecule has 0 atom stereocenters. The molecule has 1 saturated heterocycles. The van der Waals surface area contributed by atoms with Crippen LogP contribution in [-0.4, -0.2) is 51.6 Å². The van der Waals surface area contributed by atoms with Crippen molar-refractivity contribution in [2.45, 2.75) is 6.42 Å². The molecule has 0 unspecified atom stereocenters. The van der Waals surface area contributed by atoms with Crippen LogP contribution in [0.15, 0.2) is 54.7 Å². The third-order valence-electron chi connectivity index (χ3n) is 5.90. The minimum Gasteiger partial charge on any atom is -0.382 e. The lowest BCUT2D eigenvalue weighted by molar-refractivity contribution is 0.102. The zero-order chi connectivity index (χ0) is 22.8. The van der Waals surface area contributed by atoms with E-state index in [1.807, 2.05) is 48.0 Å². The molecule has 1 amide bonds. The minimum atomic E-state index is -0.450. The number of aromatic nitrogens is 4. The van der Waals surface area contributed by atoms with Crippen LogP contribution >= 0.6 is 0 Å². The van der Waals surface area contributed by atoms with Gasteiger partial charge in [-0.2, -0.15) is 0 Å². The summed E-state index contributed by atoms with van der Waals surface area (Å²) in [7, 11) is 1.85. The summed E-state index contributed by atoms with van der Waals surface area (Å²) in [5.41, 5.74) is 10.4. The number of carbonyl (C=O) groups is 1. The van der Waals surface area contributed by atoms with Crippen LogP contribution in [0.25, 0.3) is 22.3 Å². The molecule has 1 aliphatic rings. The molecule has 5 rings (SSSR count). The highest BCUT2D eigenvalue weighted by Crippen LogP contribution is 2.24. The van der Waals surface area contributed by atoms with Crippen LogP contribution in [0.2, 0.25) is 0 Å². The van der Waals surface area contributed by atoms with E-state index in [9.17, 15) is 4.79 Å². The van der Waals surface area contributed by atoms with Crippen molar-refractivity contribution >= 4 is 34.4 Å². The number of hydrogen-bond acceptors (Lipinski definition) is 7. The largest absolute Gasteiger partial charge is 0.382 e. The molecule has 168 valence electrons. The highest BCUT2D eigenvalue weighted by atomic mass is 16.2. The Morgan fingerprint density at radius 1 is 1.06 bits per heavy atom. The summed E-state index contributed by atoms with van der Waals surface area (Å²) in [6, 6.07) is 15.8. The van der Waals surface area contributed by atoms with E-state index in [1.54, 1.807) is 6.20 Å². The van der Waals surface area contributed by atoms with Crippen molar-refractivity contribution in [2.75, 3.05) is 42.1 Å². The summed E-state index contributed by atoms with van der Waals surface area (Å²) in [6.07, 6.45) is 2.71. The smallest absolute Gasteiger partial charge is 0.280 e. The van der Waals surface area contributed by atoms with Crippen molar-refractivity contribution in [2.24, 2.45) is 7.05 Å². The predicted octanol–water partition coefficient (Wildman–Crippen LogP) is 2.66. The summed E-state index contributed by atoms with van der Waals surface area (Å²) >= 11 is 0. The average Bonchev–Trinajstić information content (AvgIpc) is 3.00. The minimum absolute atomic E-state index is 0.0715. The molecule has 1 fully saturated rings. The van der Waals surface area contributed by atoms with Gasteiger partial charge in [-0.15, -0.1) is 0 Å². The second-order valence-electron chi connectivity index (χ2n) is 8.06. The number of aryl methyl sites for hydroxylation is 1. The number of imidazole rings is 1. The van der Waals surface area contributed by atoms with Crippen molar-refractivity contribution in [3.63, 3.8) is 0 Å². The molecule has 0 saturated carbocycles. The van der Waals surface area contributed by atoms with Crippen LogP contribution in [0.4, 0.5) is 17.5 Å². The van der Waals surface area contributed by atoms with Gasteiger partial charge >= 0.3 is 0 Å². The van der Waals surface area contributed by atoms with E-state index in [2.05, 4.69) is 42.6 Å². The van der Waals surface area contributed by atoms with Gasteiger partial charge in [0.1, 0.15) is 0 Å². The van der Waals surface area contributed by atoms with Crippen LogP contribution in [0.1, 0.15) is 16.9 Å². The lowest BCUT2D eigenvalue weighted by Gasteiger charge is -2.22. The molecule has 0 aliphatic carbocycles. The number of para-hydroxylation sites is 2. The van der Waals surface area contributed by atoms with Crippen LogP contribution in [0, 0.1) is 0 Å². The fraction of sp³-hybridized carbons (Fsp3) is 0.250.